The summed E-state index contributed by atoms with van der Waals surface area (Å²) in [7, 11) is -0.745. The SMILES string of the molecule is CCCCCCCCCCO[SiH](C)C. The van der Waals surface area contributed by atoms with Gasteiger partial charge in [-0.15, -0.1) is 0 Å². The minimum atomic E-state index is -0.745. The fourth-order valence-electron chi connectivity index (χ4n) is 1.55. The highest BCUT2D eigenvalue weighted by Gasteiger charge is 1.95. The predicted octanol–water partition coefficient (Wildman–Crippen LogP) is 4.13. The van der Waals surface area contributed by atoms with Crippen LogP contribution in [0.15, 0.2) is 0 Å². The van der Waals surface area contributed by atoms with Crippen LogP contribution < -0.4 is 0 Å². The third-order valence-electron chi connectivity index (χ3n) is 2.45. The van der Waals surface area contributed by atoms with Crippen molar-refractivity contribution in [3.63, 3.8) is 0 Å². The first kappa shape index (κ1) is 14.2. The molecule has 0 bridgehead atoms. The second-order valence-electron chi connectivity index (χ2n) is 4.39. The van der Waals surface area contributed by atoms with Gasteiger partial charge in [0.05, 0.1) is 0 Å². The van der Waals surface area contributed by atoms with Gasteiger partial charge < -0.3 is 4.43 Å². The van der Waals surface area contributed by atoms with Crippen molar-refractivity contribution in [3.05, 3.63) is 0 Å². The zero-order chi connectivity index (χ0) is 10.6. The molecule has 0 aliphatic heterocycles. The highest BCUT2D eigenvalue weighted by molar-refractivity contribution is 6.48. The van der Waals surface area contributed by atoms with E-state index in [0.717, 1.165) is 6.61 Å². The molecule has 86 valence electrons. The molecule has 0 fully saturated rings. The maximum atomic E-state index is 5.63. The summed E-state index contributed by atoms with van der Waals surface area (Å²) in [6.07, 6.45) is 11.1. The van der Waals surface area contributed by atoms with Gasteiger partial charge >= 0.3 is 0 Å². The van der Waals surface area contributed by atoms with Crippen LogP contribution in [0.2, 0.25) is 13.1 Å². The summed E-state index contributed by atoms with van der Waals surface area (Å²) < 4.78 is 5.63. The molecule has 0 atom stereocenters. The molecule has 0 aromatic rings. The fraction of sp³-hybridized carbons (Fsp3) is 1.00. The topological polar surface area (TPSA) is 9.23 Å². The van der Waals surface area contributed by atoms with Crippen molar-refractivity contribution in [3.8, 4) is 0 Å². The Bertz CT molecular complexity index is 104. The van der Waals surface area contributed by atoms with Gasteiger partial charge in [0, 0.05) is 6.61 Å². The van der Waals surface area contributed by atoms with E-state index in [1.54, 1.807) is 0 Å². The van der Waals surface area contributed by atoms with Crippen LogP contribution >= 0.6 is 0 Å². The number of hydrogen-bond donors (Lipinski definition) is 0. The molecular weight excluding hydrogens is 188 g/mol. The van der Waals surface area contributed by atoms with Crippen molar-refractivity contribution < 1.29 is 4.43 Å². The van der Waals surface area contributed by atoms with Gasteiger partial charge in [-0.3, -0.25) is 0 Å². The van der Waals surface area contributed by atoms with Crippen molar-refractivity contribution in [1.29, 1.82) is 0 Å². The molecule has 0 aliphatic carbocycles. The molecule has 0 aliphatic rings. The van der Waals surface area contributed by atoms with Crippen LogP contribution in [0.3, 0.4) is 0 Å². The molecule has 0 aromatic heterocycles. The van der Waals surface area contributed by atoms with Crippen molar-refractivity contribution in [1.82, 2.24) is 0 Å². The third kappa shape index (κ3) is 12.2. The Morgan fingerprint density at radius 1 is 0.786 bits per heavy atom. The van der Waals surface area contributed by atoms with E-state index >= 15 is 0 Å². The first-order valence-electron chi connectivity index (χ1n) is 6.39. The highest BCUT2D eigenvalue weighted by Crippen LogP contribution is 2.08. The number of hydrogen-bond acceptors (Lipinski definition) is 1. The average Bonchev–Trinajstić information content (AvgIpc) is 2.15. The highest BCUT2D eigenvalue weighted by atomic mass is 28.3. The molecule has 0 saturated heterocycles. The van der Waals surface area contributed by atoms with Crippen LogP contribution in [0.25, 0.3) is 0 Å². The minimum Gasteiger partial charge on any atom is -0.421 e. The van der Waals surface area contributed by atoms with Gasteiger partial charge in [-0.2, -0.15) is 0 Å². The van der Waals surface area contributed by atoms with E-state index in [1.807, 2.05) is 0 Å². The van der Waals surface area contributed by atoms with E-state index in [4.69, 9.17) is 4.43 Å². The standard InChI is InChI=1S/C12H28OSi/c1-4-5-6-7-8-9-10-11-12-13-14(2)3/h14H,4-12H2,1-3H3. The van der Waals surface area contributed by atoms with Crippen LogP contribution in [0, 0.1) is 0 Å². The van der Waals surface area contributed by atoms with E-state index < -0.39 is 9.04 Å². The van der Waals surface area contributed by atoms with Gasteiger partial charge in [0.15, 0.2) is 9.04 Å². The zero-order valence-electron chi connectivity index (χ0n) is 10.3. The summed E-state index contributed by atoms with van der Waals surface area (Å²) in [6, 6.07) is 0. The van der Waals surface area contributed by atoms with Crippen LogP contribution in [0.5, 0.6) is 0 Å². The van der Waals surface area contributed by atoms with Gasteiger partial charge in [0.2, 0.25) is 0 Å². The molecular formula is C12H28OSi. The Labute approximate surface area is 92.0 Å². The summed E-state index contributed by atoms with van der Waals surface area (Å²) in [6.45, 7) is 7.77. The van der Waals surface area contributed by atoms with Crippen LogP contribution in [-0.4, -0.2) is 15.6 Å². The maximum absolute atomic E-state index is 5.63. The van der Waals surface area contributed by atoms with Crippen LogP contribution in [0.1, 0.15) is 58.3 Å². The van der Waals surface area contributed by atoms with Crippen LogP contribution in [-0.2, 0) is 4.43 Å². The van der Waals surface area contributed by atoms with E-state index in [2.05, 4.69) is 20.0 Å². The normalized spacial score (nSPS) is 11.1. The van der Waals surface area contributed by atoms with Gasteiger partial charge in [0.1, 0.15) is 0 Å². The first-order valence-corrected chi connectivity index (χ1v) is 9.17. The molecule has 0 rings (SSSR count). The largest absolute Gasteiger partial charge is 0.421 e. The molecule has 1 nitrogen and oxygen atoms in total. The Hall–Kier alpha value is 0.177. The lowest BCUT2D eigenvalue weighted by Gasteiger charge is -2.06. The van der Waals surface area contributed by atoms with Gasteiger partial charge in [-0.05, 0) is 19.5 Å². The quantitative estimate of drug-likeness (QED) is 0.394. The second-order valence-corrected chi connectivity index (χ2v) is 6.83. The lowest BCUT2D eigenvalue weighted by atomic mass is 10.1. The molecule has 0 saturated carbocycles. The zero-order valence-corrected chi connectivity index (χ0v) is 11.5. The van der Waals surface area contributed by atoms with Crippen molar-refractivity contribution >= 4 is 9.04 Å². The van der Waals surface area contributed by atoms with Crippen molar-refractivity contribution in [2.24, 2.45) is 0 Å². The predicted molar refractivity (Wildman–Crippen MR) is 67.4 cm³/mol. The second kappa shape index (κ2) is 11.3. The van der Waals surface area contributed by atoms with E-state index in [-0.39, 0.29) is 0 Å². The van der Waals surface area contributed by atoms with Gasteiger partial charge in [-0.1, -0.05) is 51.9 Å². The molecule has 0 N–H and O–H groups in total. The van der Waals surface area contributed by atoms with Gasteiger partial charge in [0.25, 0.3) is 0 Å². The Kier molecular flexibility index (Phi) is 11.4. The lowest BCUT2D eigenvalue weighted by molar-refractivity contribution is 0.311. The van der Waals surface area contributed by atoms with Crippen molar-refractivity contribution in [2.75, 3.05) is 6.61 Å². The average molecular weight is 216 g/mol. The molecule has 0 heterocycles. The Morgan fingerprint density at radius 3 is 1.79 bits per heavy atom. The van der Waals surface area contributed by atoms with Gasteiger partial charge in [-0.25, -0.2) is 0 Å². The monoisotopic (exact) mass is 216 g/mol. The molecule has 2 heteroatoms. The lowest BCUT2D eigenvalue weighted by Crippen LogP contribution is -2.08. The summed E-state index contributed by atoms with van der Waals surface area (Å²) in [5, 5.41) is 0. The smallest absolute Gasteiger partial charge is 0.170 e. The van der Waals surface area contributed by atoms with E-state index in [9.17, 15) is 0 Å². The number of rotatable bonds is 10. The summed E-state index contributed by atoms with van der Waals surface area (Å²) in [5.74, 6) is 0. The molecule has 0 unspecified atom stereocenters. The van der Waals surface area contributed by atoms with Crippen LogP contribution in [0.4, 0.5) is 0 Å². The van der Waals surface area contributed by atoms with Crippen molar-refractivity contribution in [2.45, 2.75) is 71.4 Å². The van der Waals surface area contributed by atoms with E-state index in [0.29, 0.717) is 0 Å². The molecule has 0 amide bonds. The molecule has 14 heavy (non-hydrogen) atoms. The molecule has 0 aromatic carbocycles. The Balaban J connectivity index is 2.85. The molecule has 0 radical (unpaired) electrons. The summed E-state index contributed by atoms with van der Waals surface area (Å²) in [4.78, 5) is 0. The summed E-state index contributed by atoms with van der Waals surface area (Å²) >= 11 is 0. The number of unbranched alkanes of at least 4 members (excludes halogenated alkanes) is 7. The summed E-state index contributed by atoms with van der Waals surface area (Å²) in [5.41, 5.74) is 0. The fourth-order valence-corrected chi connectivity index (χ4v) is 2.19. The first-order chi connectivity index (χ1) is 6.77. The third-order valence-corrected chi connectivity index (χ3v) is 3.35. The van der Waals surface area contributed by atoms with E-state index in [1.165, 1.54) is 51.4 Å². The molecule has 0 spiro atoms. The Morgan fingerprint density at radius 2 is 1.29 bits per heavy atom. The maximum Gasteiger partial charge on any atom is 0.170 e. The minimum absolute atomic E-state index is 0.745.